The maximum absolute atomic E-state index is 12.3. The molecule has 21 heavy (non-hydrogen) atoms. The average Bonchev–Trinajstić information content (AvgIpc) is 3.16. The predicted molar refractivity (Wildman–Crippen MR) is 77.2 cm³/mol. The lowest BCUT2D eigenvalue weighted by Gasteiger charge is -2.13. The van der Waals surface area contributed by atoms with Gasteiger partial charge in [-0.05, 0) is 25.5 Å². The number of carbonyl (C=O) groups is 1. The van der Waals surface area contributed by atoms with Crippen LogP contribution in [0.2, 0.25) is 0 Å². The molecule has 0 radical (unpaired) electrons. The number of hydrogen-bond donors (Lipinski definition) is 1. The number of nitrogens with zero attached hydrogens (tertiary/aromatic N) is 4. The minimum Gasteiger partial charge on any atom is -0.396 e. The Labute approximate surface area is 123 Å². The molecule has 1 fully saturated rings. The van der Waals surface area contributed by atoms with Crippen molar-refractivity contribution in [3.05, 3.63) is 41.7 Å². The Bertz CT molecular complexity index is 635. The number of hydrogen-bond acceptors (Lipinski definition) is 4. The standard InChI is InChI=1S/C15H18N4O2/c1-11-2-4-13(5-3-11)19-9-14(16-17-19)15(21)18-7-6-12(8-18)10-20/h2-5,9,12,20H,6-8,10H2,1H3. The molecule has 0 spiro atoms. The lowest BCUT2D eigenvalue weighted by Crippen LogP contribution is -2.29. The smallest absolute Gasteiger partial charge is 0.276 e. The minimum absolute atomic E-state index is 0.121. The molecular formula is C15H18N4O2. The number of rotatable bonds is 3. The summed E-state index contributed by atoms with van der Waals surface area (Å²) in [6.45, 7) is 3.40. The molecule has 1 amide bonds. The zero-order valence-corrected chi connectivity index (χ0v) is 11.9. The number of aliphatic hydroxyl groups excluding tert-OH is 1. The highest BCUT2D eigenvalue weighted by atomic mass is 16.3. The van der Waals surface area contributed by atoms with Crippen molar-refractivity contribution >= 4 is 5.91 Å². The first kappa shape index (κ1) is 13.8. The number of carbonyl (C=O) groups excluding carboxylic acids is 1. The number of benzene rings is 1. The second kappa shape index (κ2) is 5.65. The predicted octanol–water partition coefficient (Wildman–Crippen LogP) is 1.03. The summed E-state index contributed by atoms with van der Waals surface area (Å²) in [7, 11) is 0. The number of aryl methyl sites for hydroxylation is 1. The van der Waals surface area contributed by atoms with Crippen LogP contribution in [0.4, 0.5) is 0 Å². The lowest BCUT2D eigenvalue weighted by atomic mass is 10.1. The van der Waals surface area contributed by atoms with Crippen molar-refractivity contribution < 1.29 is 9.90 Å². The molecule has 0 bridgehead atoms. The van der Waals surface area contributed by atoms with Gasteiger partial charge in [0.05, 0.1) is 11.9 Å². The highest BCUT2D eigenvalue weighted by Gasteiger charge is 2.27. The number of amides is 1. The van der Waals surface area contributed by atoms with Crippen LogP contribution in [-0.2, 0) is 0 Å². The van der Waals surface area contributed by atoms with E-state index in [2.05, 4.69) is 10.3 Å². The Morgan fingerprint density at radius 1 is 1.38 bits per heavy atom. The van der Waals surface area contributed by atoms with Gasteiger partial charge in [-0.15, -0.1) is 5.10 Å². The third-order valence-corrected chi connectivity index (χ3v) is 3.84. The van der Waals surface area contributed by atoms with Crippen LogP contribution < -0.4 is 0 Å². The quantitative estimate of drug-likeness (QED) is 0.915. The Hall–Kier alpha value is -2.21. The van der Waals surface area contributed by atoms with Crippen molar-refractivity contribution in [3.63, 3.8) is 0 Å². The van der Waals surface area contributed by atoms with Crippen molar-refractivity contribution in [1.82, 2.24) is 19.9 Å². The van der Waals surface area contributed by atoms with Gasteiger partial charge >= 0.3 is 0 Å². The van der Waals surface area contributed by atoms with Crippen LogP contribution in [0.3, 0.4) is 0 Å². The average molecular weight is 286 g/mol. The fourth-order valence-corrected chi connectivity index (χ4v) is 2.51. The molecule has 1 unspecified atom stereocenters. The van der Waals surface area contributed by atoms with Crippen LogP contribution in [0.5, 0.6) is 0 Å². The summed E-state index contributed by atoms with van der Waals surface area (Å²) in [6, 6.07) is 7.86. The van der Waals surface area contributed by atoms with E-state index < -0.39 is 0 Å². The highest BCUT2D eigenvalue weighted by Crippen LogP contribution is 2.18. The second-order valence-electron chi connectivity index (χ2n) is 5.47. The normalized spacial score (nSPS) is 18.2. The van der Waals surface area contributed by atoms with Gasteiger partial charge in [-0.25, -0.2) is 4.68 Å². The van der Waals surface area contributed by atoms with Gasteiger partial charge in [-0.3, -0.25) is 4.79 Å². The zero-order valence-electron chi connectivity index (χ0n) is 11.9. The van der Waals surface area contributed by atoms with E-state index in [0.29, 0.717) is 18.8 Å². The molecule has 1 aromatic carbocycles. The molecule has 6 nitrogen and oxygen atoms in total. The summed E-state index contributed by atoms with van der Waals surface area (Å²) < 4.78 is 1.60. The first-order valence-corrected chi connectivity index (χ1v) is 7.07. The third-order valence-electron chi connectivity index (χ3n) is 3.84. The van der Waals surface area contributed by atoms with E-state index in [1.165, 1.54) is 5.56 Å². The summed E-state index contributed by atoms with van der Waals surface area (Å²) in [5, 5.41) is 17.1. The van der Waals surface area contributed by atoms with Crippen LogP contribution in [0.25, 0.3) is 5.69 Å². The fraction of sp³-hybridized carbons (Fsp3) is 0.400. The van der Waals surface area contributed by atoms with E-state index >= 15 is 0 Å². The second-order valence-corrected chi connectivity index (χ2v) is 5.47. The van der Waals surface area contributed by atoms with Gasteiger partial charge in [0.2, 0.25) is 0 Å². The van der Waals surface area contributed by atoms with Gasteiger partial charge in [0.15, 0.2) is 5.69 Å². The lowest BCUT2D eigenvalue weighted by molar-refractivity contribution is 0.0776. The molecule has 2 aromatic rings. The molecule has 0 aliphatic carbocycles. The van der Waals surface area contributed by atoms with Crippen molar-refractivity contribution in [2.45, 2.75) is 13.3 Å². The molecule has 1 aliphatic rings. The van der Waals surface area contributed by atoms with Crippen LogP contribution in [0.15, 0.2) is 30.5 Å². The van der Waals surface area contributed by atoms with E-state index in [0.717, 1.165) is 12.1 Å². The maximum atomic E-state index is 12.3. The molecule has 3 rings (SSSR count). The van der Waals surface area contributed by atoms with Gasteiger partial charge < -0.3 is 10.0 Å². The number of aliphatic hydroxyl groups is 1. The van der Waals surface area contributed by atoms with Crippen molar-refractivity contribution in [3.8, 4) is 5.69 Å². The van der Waals surface area contributed by atoms with Crippen LogP contribution >= 0.6 is 0 Å². The number of likely N-dealkylation sites (tertiary alicyclic amines) is 1. The first-order valence-electron chi connectivity index (χ1n) is 7.07. The zero-order chi connectivity index (χ0) is 14.8. The van der Waals surface area contributed by atoms with E-state index in [1.54, 1.807) is 15.8 Å². The fourth-order valence-electron chi connectivity index (χ4n) is 2.51. The van der Waals surface area contributed by atoms with Crippen molar-refractivity contribution in [2.24, 2.45) is 5.92 Å². The van der Waals surface area contributed by atoms with Gasteiger partial charge in [-0.2, -0.15) is 0 Å². The number of aromatic nitrogens is 3. The first-order chi connectivity index (χ1) is 10.2. The molecule has 1 aliphatic heterocycles. The molecule has 2 heterocycles. The summed E-state index contributed by atoms with van der Waals surface area (Å²) >= 11 is 0. The molecule has 1 aromatic heterocycles. The SMILES string of the molecule is Cc1ccc(-n2cc(C(=O)N3CCC(CO)C3)nn2)cc1. The largest absolute Gasteiger partial charge is 0.396 e. The molecule has 1 saturated heterocycles. The monoisotopic (exact) mass is 286 g/mol. The minimum atomic E-state index is -0.121. The van der Waals surface area contributed by atoms with E-state index in [1.807, 2.05) is 31.2 Å². The van der Waals surface area contributed by atoms with Gasteiger partial charge in [0.25, 0.3) is 5.91 Å². The van der Waals surface area contributed by atoms with Crippen molar-refractivity contribution in [2.75, 3.05) is 19.7 Å². The third kappa shape index (κ3) is 2.80. The molecule has 110 valence electrons. The van der Waals surface area contributed by atoms with Crippen LogP contribution in [0, 0.1) is 12.8 Å². The molecule has 1 N–H and O–H groups in total. The van der Waals surface area contributed by atoms with E-state index in [-0.39, 0.29) is 18.4 Å². The summed E-state index contributed by atoms with van der Waals surface area (Å²) in [6.07, 6.45) is 2.49. The Morgan fingerprint density at radius 2 is 2.14 bits per heavy atom. The Morgan fingerprint density at radius 3 is 2.81 bits per heavy atom. The van der Waals surface area contributed by atoms with Crippen molar-refractivity contribution in [1.29, 1.82) is 0 Å². The topological polar surface area (TPSA) is 71.2 Å². The Kier molecular flexibility index (Phi) is 3.70. The summed E-state index contributed by atoms with van der Waals surface area (Å²) in [5.41, 5.74) is 2.39. The van der Waals surface area contributed by atoms with Gasteiger partial charge in [0, 0.05) is 25.6 Å². The highest BCUT2D eigenvalue weighted by molar-refractivity contribution is 5.92. The molecule has 0 saturated carbocycles. The Balaban J connectivity index is 1.75. The van der Waals surface area contributed by atoms with E-state index in [9.17, 15) is 4.79 Å². The van der Waals surface area contributed by atoms with Gasteiger partial charge in [0.1, 0.15) is 0 Å². The molecule has 6 heteroatoms. The molecular weight excluding hydrogens is 268 g/mol. The maximum Gasteiger partial charge on any atom is 0.276 e. The van der Waals surface area contributed by atoms with Crippen LogP contribution in [0.1, 0.15) is 22.5 Å². The molecule has 1 atom stereocenters. The summed E-state index contributed by atoms with van der Waals surface area (Å²) in [5.74, 6) is 0.0606. The van der Waals surface area contributed by atoms with E-state index in [4.69, 9.17) is 5.11 Å². The van der Waals surface area contributed by atoms with Crippen LogP contribution in [-0.4, -0.2) is 50.6 Å². The van der Waals surface area contributed by atoms with Gasteiger partial charge in [-0.1, -0.05) is 22.9 Å². The summed E-state index contributed by atoms with van der Waals surface area (Å²) in [4.78, 5) is 14.1.